The molecule has 128 valence electrons. The molecule has 6 nitrogen and oxygen atoms in total. The second-order valence-corrected chi connectivity index (χ2v) is 9.00. The Morgan fingerprint density at radius 3 is 2.65 bits per heavy atom. The van der Waals surface area contributed by atoms with Crippen molar-refractivity contribution in [3.8, 4) is 0 Å². The summed E-state index contributed by atoms with van der Waals surface area (Å²) in [6.45, 7) is 3.49. The summed E-state index contributed by atoms with van der Waals surface area (Å²) in [6, 6.07) is 1.42. The molecule has 2 aliphatic rings. The fourth-order valence-corrected chi connectivity index (χ4v) is 5.67. The lowest BCUT2D eigenvalue weighted by atomic mass is 9.73. The van der Waals surface area contributed by atoms with E-state index >= 15 is 0 Å². The van der Waals surface area contributed by atoms with Crippen LogP contribution in [0.5, 0.6) is 0 Å². The lowest BCUT2D eigenvalue weighted by molar-refractivity contribution is 0.0752. The van der Waals surface area contributed by atoms with Gasteiger partial charge in [0.05, 0.1) is 0 Å². The first kappa shape index (κ1) is 16.9. The number of carbonyl (C=O) groups excluding carboxylic acids is 1. The van der Waals surface area contributed by atoms with Crippen LogP contribution in [0.4, 0.5) is 0 Å². The molecule has 1 aromatic heterocycles. The smallest absolute Gasteiger partial charge is 0.265 e. The summed E-state index contributed by atoms with van der Waals surface area (Å²) >= 11 is 1.15. The van der Waals surface area contributed by atoms with Crippen LogP contribution in [0.2, 0.25) is 0 Å². The molecule has 23 heavy (non-hydrogen) atoms. The highest BCUT2D eigenvalue weighted by atomic mass is 32.2. The Morgan fingerprint density at radius 2 is 1.96 bits per heavy atom. The summed E-state index contributed by atoms with van der Waals surface area (Å²) in [5.41, 5.74) is 0.346. The maximum Gasteiger partial charge on any atom is 0.265 e. The van der Waals surface area contributed by atoms with E-state index in [0.29, 0.717) is 18.5 Å². The van der Waals surface area contributed by atoms with Crippen molar-refractivity contribution in [1.82, 2.24) is 10.2 Å². The van der Waals surface area contributed by atoms with E-state index in [0.717, 1.165) is 56.5 Å². The first-order valence-electron chi connectivity index (χ1n) is 8.02. The number of hydrogen-bond acceptors (Lipinski definition) is 5. The van der Waals surface area contributed by atoms with Crippen LogP contribution in [-0.2, 0) is 10.0 Å². The highest BCUT2D eigenvalue weighted by Crippen LogP contribution is 2.39. The van der Waals surface area contributed by atoms with E-state index in [2.05, 4.69) is 5.32 Å². The van der Waals surface area contributed by atoms with Gasteiger partial charge in [0.15, 0.2) is 0 Å². The van der Waals surface area contributed by atoms with Crippen molar-refractivity contribution < 1.29 is 13.2 Å². The topological polar surface area (TPSA) is 92.5 Å². The quantitative estimate of drug-likeness (QED) is 0.836. The number of nitrogens with one attached hydrogen (secondary N) is 1. The largest absolute Gasteiger partial charge is 0.338 e. The van der Waals surface area contributed by atoms with Gasteiger partial charge >= 0.3 is 0 Å². The van der Waals surface area contributed by atoms with Crippen LogP contribution in [0.15, 0.2) is 16.3 Å². The first-order chi connectivity index (χ1) is 10.9. The number of amides is 1. The minimum Gasteiger partial charge on any atom is -0.338 e. The lowest BCUT2D eigenvalue weighted by Crippen LogP contribution is -2.38. The number of piperidine rings is 1. The molecule has 1 spiro atoms. The molecule has 2 fully saturated rings. The van der Waals surface area contributed by atoms with E-state index in [9.17, 15) is 13.2 Å². The summed E-state index contributed by atoms with van der Waals surface area (Å²) in [5.74, 6) is -0.199. The highest BCUT2D eigenvalue weighted by molar-refractivity contribution is 7.89. The Balaban J connectivity index is 1.75. The molecular weight excluding hydrogens is 334 g/mol. The van der Waals surface area contributed by atoms with Crippen molar-refractivity contribution in [3.05, 3.63) is 16.3 Å². The summed E-state index contributed by atoms with van der Waals surface area (Å²) < 4.78 is 23.2. The van der Waals surface area contributed by atoms with Crippen molar-refractivity contribution in [2.45, 2.75) is 37.0 Å². The zero-order valence-corrected chi connectivity index (χ0v) is 14.7. The second-order valence-electron chi connectivity index (χ2n) is 6.55. The fourth-order valence-electron chi connectivity index (χ4n) is 3.74. The van der Waals surface area contributed by atoms with Crippen LogP contribution in [0.3, 0.4) is 0 Å². The molecular formula is C15H23N3O3S2. The number of sulfonamides is 1. The third kappa shape index (κ3) is 3.60. The zero-order chi connectivity index (χ0) is 16.5. The molecule has 8 heteroatoms. The van der Waals surface area contributed by atoms with Crippen LogP contribution in [0, 0.1) is 5.41 Å². The van der Waals surface area contributed by atoms with Gasteiger partial charge in [0, 0.05) is 13.1 Å². The number of carbonyl (C=O) groups is 1. The number of nitrogens with zero attached hydrogens (tertiary/aromatic N) is 1. The Hall–Kier alpha value is -0.960. The molecule has 1 aromatic rings. The van der Waals surface area contributed by atoms with Gasteiger partial charge in [0.1, 0.15) is 9.77 Å². The summed E-state index contributed by atoms with van der Waals surface area (Å²) in [5, 5.41) is 10.2. The third-order valence-electron chi connectivity index (χ3n) is 5.13. The molecule has 0 atom stereocenters. The van der Waals surface area contributed by atoms with Gasteiger partial charge in [-0.1, -0.05) is 0 Å². The molecule has 3 heterocycles. The maximum atomic E-state index is 12.8. The number of thiophene rings is 1. The van der Waals surface area contributed by atoms with E-state index in [1.165, 1.54) is 6.07 Å². The van der Waals surface area contributed by atoms with E-state index in [4.69, 9.17) is 5.14 Å². The highest BCUT2D eigenvalue weighted by Gasteiger charge is 2.35. The van der Waals surface area contributed by atoms with Crippen LogP contribution in [-0.4, -0.2) is 45.4 Å². The standard InChI is InChI=1S/C15H23N3O3S2/c16-23(20,21)12-2-11-22-13(12)14(19)18-9-1-3-15(6-10-18)4-7-17-8-5-15/h2,11,17H,1,3-10H2,(H2,16,20,21). The average molecular weight is 358 g/mol. The van der Waals surface area contributed by atoms with Crippen LogP contribution < -0.4 is 10.5 Å². The lowest BCUT2D eigenvalue weighted by Gasteiger charge is -2.37. The van der Waals surface area contributed by atoms with Crippen LogP contribution in [0.25, 0.3) is 0 Å². The Labute approximate surface area is 141 Å². The van der Waals surface area contributed by atoms with Gasteiger partial charge in [-0.2, -0.15) is 0 Å². The normalized spacial score (nSPS) is 22.0. The minimum atomic E-state index is -3.86. The third-order valence-corrected chi connectivity index (χ3v) is 7.11. The monoisotopic (exact) mass is 357 g/mol. The minimum absolute atomic E-state index is 0.0478. The van der Waals surface area contributed by atoms with Crippen LogP contribution in [0.1, 0.15) is 41.8 Å². The maximum absolute atomic E-state index is 12.8. The van der Waals surface area contributed by atoms with Gasteiger partial charge < -0.3 is 10.2 Å². The van der Waals surface area contributed by atoms with E-state index in [1.54, 1.807) is 10.3 Å². The van der Waals surface area contributed by atoms with Crippen molar-refractivity contribution in [2.75, 3.05) is 26.2 Å². The molecule has 0 aromatic carbocycles. The predicted octanol–water partition coefficient (Wildman–Crippen LogP) is 1.39. The second kappa shape index (κ2) is 6.51. The van der Waals surface area contributed by atoms with Crippen molar-refractivity contribution in [3.63, 3.8) is 0 Å². The van der Waals surface area contributed by atoms with Gasteiger partial charge in [0.25, 0.3) is 5.91 Å². The molecule has 0 aliphatic carbocycles. The van der Waals surface area contributed by atoms with Gasteiger partial charge in [-0.05, 0) is 62.1 Å². The molecule has 3 rings (SSSR count). The summed E-state index contributed by atoms with van der Waals surface area (Å²) in [6.07, 6.45) is 5.44. The SMILES string of the molecule is NS(=O)(=O)c1ccsc1C(=O)N1CCCC2(CCNCC2)CC1. The van der Waals surface area contributed by atoms with Crippen molar-refractivity contribution in [2.24, 2.45) is 10.6 Å². The molecule has 0 radical (unpaired) electrons. The molecule has 0 unspecified atom stereocenters. The Morgan fingerprint density at radius 1 is 1.22 bits per heavy atom. The van der Waals surface area contributed by atoms with E-state index < -0.39 is 10.0 Å². The number of rotatable bonds is 2. The number of hydrogen-bond donors (Lipinski definition) is 2. The number of likely N-dealkylation sites (tertiary alicyclic amines) is 1. The van der Waals surface area contributed by atoms with E-state index in [1.807, 2.05) is 0 Å². The first-order valence-corrected chi connectivity index (χ1v) is 10.4. The van der Waals surface area contributed by atoms with Gasteiger partial charge in [-0.15, -0.1) is 11.3 Å². The molecule has 3 N–H and O–H groups in total. The van der Waals surface area contributed by atoms with Crippen molar-refractivity contribution in [1.29, 1.82) is 0 Å². The molecule has 2 aliphatic heterocycles. The van der Waals surface area contributed by atoms with Crippen LogP contribution >= 0.6 is 11.3 Å². The predicted molar refractivity (Wildman–Crippen MR) is 90.0 cm³/mol. The van der Waals surface area contributed by atoms with Gasteiger partial charge in [-0.25, -0.2) is 13.6 Å². The summed E-state index contributed by atoms with van der Waals surface area (Å²) in [7, 11) is -3.86. The molecule has 1 amide bonds. The fraction of sp³-hybridized carbons (Fsp3) is 0.667. The summed E-state index contributed by atoms with van der Waals surface area (Å²) in [4.78, 5) is 14.8. The zero-order valence-electron chi connectivity index (χ0n) is 13.1. The Bertz CT molecular complexity index is 678. The molecule has 2 saturated heterocycles. The molecule has 0 saturated carbocycles. The van der Waals surface area contributed by atoms with Gasteiger partial charge in [-0.3, -0.25) is 4.79 Å². The Kier molecular flexibility index (Phi) is 4.78. The van der Waals surface area contributed by atoms with Crippen molar-refractivity contribution >= 4 is 27.3 Å². The number of primary sulfonamides is 1. The number of nitrogens with two attached hydrogens (primary N) is 1. The average Bonchev–Trinajstić information content (AvgIpc) is 2.93. The molecule has 0 bridgehead atoms. The van der Waals surface area contributed by atoms with Gasteiger partial charge in [0.2, 0.25) is 10.0 Å². The van der Waals surface area contributed by atoms with E-state index in [-0.39, 0.29) is 15.7 Å².